The molecule has 2 heterocycles. The molecular formula is C19H22N2O6S2. The Kier molecular flexibility index (Phi) is 7.91. The van der Waals surface area contributed by atoms with Crippen LogP contribution in [0.25, 0.3) is 0 Å². The van der Waals surface area contributed by atoms with Crippen LogP contribution >= 0.6 is 0 Å². The van der Waals surface area contributed by atoms with Gasteiger partial charge in [-0.2, -0.15) is 16.8 Å². The van der Waals surface area contributed by atoms with Gasteiger partial charge in [0.05, 0.1) is 11.4 Å². The van der Waals surface area contributed by atoms with Crippen molar-refractivity contribution in [1.82, 2.24) is 9.97 Å². The van der Waals surface area contributed by atoms with Gasteiger partial charge in [-0.3, -0.25) is 9.97 Å². The van der Waals surface area contributed by atoms with Crippen LogP contribution in [0.2, 0.25) is 0 Å². The third kappa shape index (κ3) is 7.31. The van der Waals surface area contributed by atoms with Crippen LogP contribution in [-0.2, 0) is 33.1 Å². The van der Waals surface area contributed by atoms with E-state index < -0.39 is 20.2 Å². The van der Waals surface area contributed by atoms with Crippen LogP contribution in [0, 0.1) is 0 Å². The van der Waals surface area contributed by atoms with Gasteiger partial charge in [0.25, 0.3) is 0 Å². The zero-order chi connectivity index (χ0) is 21.3. The quantitative estimate of drug-likeness (QED) is 0.367. The predicted octanol–water partition coefficient (Wildman–Crippen LogP) is 2.44. The van der Waals surface area contributed by atoms with Gasteiger partial charge in [-0.25, -0.2) is 0 Å². The average Bonchev–Trinajstić information content (AvgIpc) is 2.64. The summed E-state index contributed by atoms with van der Waals surface area (Å²) >= 11 is 0. The highest BCUT2D eigenvalue weighted by molar-refractivity contribution is 7.87. The normalized spacial score (nSPS) is 11.6. The Hall–Kier alpha value is -2.72. The first-order valence-corrected chi connectivity index (χ1v) is 11.9. The summed E-state index contributed by atoms with van der Waals surface area (Å²) in [5.41, 5.74) is 0.940. The molecule has 0 bridgehead atoms. The molecule has 0 saturated heterocycles. The molecule has 0 aliphatic rings. The maximum Gasteiger partial charge on any atom is 0.312 e. The number of rotatable bonds is 12. The highest BCUT2D eigenvalue weighted by Crippen LogP contribution is 2.23. The lowest BCUT2D eigenvalue weighted by Crippen LogP contribution is -2.14. The molecule has 29 heavy (non-hydrogen) atoms. The number of hydrogen-bond acceptors (Lipinski definition) is 8. The van der Waals surface area contributed by atoms with E-state index in [1.165, 1.54) is 24.3 Å². The maximum atomic E-state index is 11.9. The fourth-order valence-corrected chi connectivity index (χ4v) is 3.99. The summed E-state index contributed by atoms with van der Waals surface area (Å²) in [7, 11) is -7.56. The predicted molar refractivity (Wildman–Crippen MR) is 110 cm³/mol. The van der Waals surface area contributed by atoms with Crippen molar-refractivity contribution >= 4 is 20.2 Å². The Balaban J connectivity index is 2.08. The summed E-state index contributed by atoms with van der Waals surface area (Å²) in [6, 6.07) is 6.22. The smallest absolute Gasteiger partial charge is 0.312 e. The van der Waals surface area contributed by atoms with Crippen molar-refractivity contribution in [2.45, 2.75) is 19.3 Å². The Morgan fingerprint density at radius 2 is 1.21 bits per heavy atom. The van der Waals surface area contributed by atoms with Crippen LogP contribution in [0.4, 0.5) is 0 Å². The first-order chi connectivity index (χ1) is 13.8. The van der Waals surface area contributed by atoms with Crippen LogP contribution in [-0.4, -0.2) is 38.3 Å². The van der Waals surface area contributed by atoms with Crippen molar-refractivity contribution in [3.63, 3.8) is 0 Å². The van der Waals surface area contributed by atoms with E-state index in [1.807, 2.05) is 0 Å². The minimum Gasteiger partial charge on any atom is -0.380 e. The maximum absolute atomic E-state index is 11.9. The van der Waals surface area contributed by atoms with Gasteiger partial charge in [-0.1, -0.05) is 12.2 Å². The number of pyridine rings is 2. The molecule has 2 aromatic heterocycles. The molecule has 0 amide bonds. The molecule has 2 rings (SSSR count). The largest absolute Gasteiger partial charge is 0.380 e. The van der Waals surface area contributed by atoms with E-state index in [2.05, 4.69) is 23.1 Å². The molecule has 0 atom stereocenters. The van der Waals surface area contributed by atoms with Crippen molar-refractivity contribution in [1.29, 1.82) is 0 Å². The van der Waals surface area contributed by atoms with Crippen molar-refractivity contribution in [3.05, 3.63) is 73.4 Å². The van der Waals surface area contributed by atoms with Gasteiger partial charge in [0.2, 0.25) is 0 Å². The number of nitrogens with zero attached hydrogens (tertiary/aromatic N) is 2. The molecule has 0 unspecified atom stereocenters. The zero-order valence-corrected chi connectivity index (χ0v) is 17.4. The van der Waals surface area contributed by atoms with Crippen LogP contribution < -0.4 is 8.37 Å². The Labute approximate surface area is 171 Å². The van der Waals surface area contributed by atoms with E-state index in [0.717, 1.165) is 0 Å². The van der Waals surface area contributed by atoms with Gasteiger partial charge in [-0.05, 0) is 43.5 Å². The van der Waals surface area contributed by atoms with Crippen LogP contribution in [0.1, 0.15) is 17.8 Å². The van der Waals surface area contributed by atoms with Crippen LogP contribution in [0.5, 0.6) is 11.5 Å². The zero-order valence-electron chi connectivity index (χ0n) is 15.7. The molecule has 2 aromatic rings. The van der Waals surface area contributed by atoms with Crippen LogP contribution in [0.3, 0.4) is 0 Å². The van der Waals surface area contributed by atoms with E-state index in [4.69, 9.17) is 8.37 Å². The molecule has 0 aliphatic carbocycles. The lowest BCUT2D eigenvalue weighted by atomic mass is 10.1. The molecule has 0 spiro atoms. The second-order valence-electron chi connectivity index (χ2n) is 5.94. The van der Waals surface area contributed by atoms with Gasteiger partial charge in [0.1, 0.15) is 11.5 Å². The number of aromatic nitrogens is 2. The van der Waals surface area contributed by atoms with Gasteiger partial charge >= 0.3 is 20.2 Å². The highest BCUT2D eigenvalue weighted by atomic mass is 32.2. The third-order valence-electron chi connectivity index (χ3n) is 3.60. The SMILES string of the molecule is C=CCS(=O)(=O)Oc1cccnc1CCCc1ncccc1OS(=O)(=O)CC=C. The summed E-state index contributed by atoms with van der Waals surface area (Å²) in [4.78, 5) is 8.37. The van der Waals surface area contributed by atoms with Gasteiger partial charge in [-0.15, -0.1) is 13.2 Å². The van der Waals surface area contributed by atoms with Gasteiger partial charge in [0, 0.05) is 12.4 Å². The van der Waals surface area contributed by atoms with Crippen LogP contribution in [0.15, 0.2) is 62.0 Å². The average molecular weight is 439 g/mol. The number of aryl methyl sites for hydroxylation is 2. The molecule has 10 heteroatoms. The lowest BCUT2D eigenvalue weighted by Gasteiger charge is -2.11. The van der Waals surface area contributed by atoms with E-state index in [0.29, 0.717) is 30.7 Å². The third-order valence-corrected chi connectivity index (χ3v) is 5.76. The van der Waals surface area contributed by atoms with Crippen molar-refractivity contribution in [2.24, 2.45) is 0 Å². The fraction of sp³-hybridized carbons (Fsp3) is 0.263. The van der Waals surface area contributed by atoms with E-state index in [9.17, 15) is 16.8 Å². The summed E-state index contributed by atoms with van der Waals surface area (Å²) < 4.78 is 57.7. The highest BCUT2D eigenvalue weighted by Gasteiger charge is 2.16. The summed E-state index contributed by atoms with van der Waals surface area (Å²) in [6.45, 7) is 6.79. The van der Waals surface area contributed by atoms with E-state index in [-0.39, 0.29) is 23.0 Å². The molecule has 0 N–H and O–H groups in total. The standard InChI is InChI=1S/C19H22N2O6S2/c1-3-14-28(22,23)26-18-10-6-12-20-16(18)8-5-9-17-19(11-7-13-21-17)27-29(24,25)15-4-2/h3-4,6-7,10-13H,1-2,5,8-9,14-15H2. The molecular weight excluding hydrogens is 416 g/mol. The molecule has 0 aliphatic heterocycles. The summed E-state index contributed by atoms with van der Waals surface area (Å²) in [5.74, 6) is -0.314. The lowest BCUT2D eigenvalue weighted by molar-refractivity contribution is 0.482. The molecule has 8 nitrogen and oxygen atoms in total. The van der Waals surface area contributed by atoms with Crippen molar-refractivity contribution in [2.75, 3.05) is 11.5 Å². The minimum atomic E-state index is -3.78. The molecule has 0 radical (unpaired) electrons. The second kappa shape index (κ2) is 10.2. The Morgan fingerprint density at radius 1 is 0.793 bits per heavy atom. The Morgan fingerprint density at radius 3 is 1.59 bits per heavy atom. The molecule has 156 valence electrons. The topological polar surface area (TPSA) is 113 Å². The fourth-order valence-electron chi connectivity index (χ4n) is 2.43. The molecule has 0 aromatic carbocycles. The van der Waals surface area contributed by atoms with Crippen molar-refractivity contribution < 1.29 is 25.2 Å². The minimum absolute atomic E-state index is 0.153. The first-order valence-electron chi connectivity index (χ1n) is 8.70. The van der Waals surface area contributed by atoms with Gasteiger partial charge in [0.15, 0.2) is 11.5 Å². The second-order valence-corrected chi connectivity index (χ2v) is 9.17. The molecule has 0 fully saturated rings. The van der Waals surface area contributed by atoms with E-state index >= 15 is 0 Å². The Bertz CT molecular complexity index is 980. The van der Waals surface area contributed by atoms with Gasteiger partial charge < -0.3 is 8.37 Å². The first kappa shape index (κ1) is 22.6. The molecule has 0 saturated carbocycles. The number of hydrogen-bond donors (Lipinski definition) is 0. The van der Waals surface area contributed by atoms with Crippen molar-refractivity contribution in [3.8, 4) is 11.5 Å². The van der Waals surface area contributed by atoms with E-state index in [1.54, 1.807) is 24.5 Å². The summed E-state index contributed by atoms with van der Waals surface area (Å²) in [5, 5.41) is 0. The summed E-state index contributed by atoms with van der Waals surface area (Å²) in [6.07, 6.45) is 6.88. The monoisotopic (exact) mass is 438 g/mol.